The maximum absolute atomic E-state index is 15.0. The first kappa shape index (κ1) is 20.8. The lowest BCUT2D eigenvalue weighted by molar-refractivity contribution is 0.0695. The molecule has 0 bridgehead atoms. The van der Waals surface area contributed by atoms with Gasteiger partial charge < -0.3 is 25.0 Å². The number of anilines is 1. The van der Waals surface area contributed by atoms with E-state index in [2.05, 4.69) is 4.98 Å². The molecule has 0 aliphatic carbocycles. The zero-order valence-corrected chi connectivity index (χ0v) is 17.2. The van der Waals surface area contributed by atoms with Crippen molar-refractivity contribution in [2.75, 3.05) is 25.1 Å². The van der Waals surface area contributed by atoms with E-state index in [0.717, 1.165) is 12.5 Å². The van der Waals surface area contributed by atoms with E-state index in [1.165, 1.54) is 17.9 Å². The number of hydrogen-bond acceptors (Lipinski definition) is 6. The highest BCUT2D eigenvalue weighted by atomic mass is 19.1. The molecular formula is C22H23FN4O4. The molecule has 3 N–H and O–H groups in total. The molecule has 162 valence electrons. The first-order valence-corrected chi connectivity index (χ1v) is 9.94. The third-order valence-corrected chi connectivity index (χ3v) is 5.76. The van der Waals surface area contributed by atoms with Gasteiger partial charge in [-0.3, -0.25) is 4.79 Å². The zero-order chi connectivity index (χ0) is 22.3. The Kier molecular flexibility index (Phi) is 5.36. The van der Waals surface area contributed by atoms with Crippen molar-refractivity contribution in [1.29, 1.82) is 0 Å². The number of carbonyl (C=O) groups is 1. The van der Waals surface area contributed by atoms with Gasteiger partial charge in [0.1, 0.15) is 11.3 Å². The maximum atomic E-state index is 15.0. The minimum atomic E-state index is -1.39. The summed E-state index contributed by atoms with van der Waals surface area (Å²) < 4.78 is 21.7. The third-order valence-electron chi connectivity index (χ3n) is 5.76. The smallest absolute Gasteiger partial charge is 0.341 e. The van der Waals surface area contributed by atoms with Crippen LogP contribution >= 0.6 is 0 Å². The van der Waals surface area contributed by atoms with Crippen molar-refractivity contribution in [2.24, 2.45) is 11.7 Å². The van der Waals surface area contributed by atoms with Gasteiger partial charge in [-0.15, -0.1) is 0 Å². The van der Waals surface area contributed by atoms with Crippen LogP contribution in [0.5, 0.6) is 5.75 Å². The van der Waals surface area contributed by atoms with Crippen molar-refractivity contribution in [3.8, 4) is 11.4 Å². The molecule has 8 nitrogen and oxygen atoms in total. The van der Waals surface area contributed by atoms with E-state index in [-0.39, 0.29) is 28.8 Å². The summed E-state index contributed by atoms with van der Waals surface area (Å²) in [6, 6.07) is 7.88. The molecule has 31 heavy (non-hydrogen) atoms. The van der Waals surface area contributed by atoms with Gasteiger partial charge >= 0.3 is 5.97 Å². The number of rotatable bonds is 5. The van der Waals surface area contributed by atoms with Crippen molar-refractivity contribution in [2.45, 2.75) is 19.4 Å². The molecule has 1 fully saturated rings. The molecule has 1 saturated heterocycles. The molecular weight excluding hydrogens is 403 g/mol. The average Bonchev–Trinajstić information content (AvgIpc) is 3.24. The van der Waals surface area contributed by atoms with Gasteiger partial charge in [-0.1, -0.05) is 0 Å². The summed E-state index contributed by atoms with van der Waals surface area (Å²) >= 11 is 0. The summed E-state index contributed by atoms with van der Waals surface area (Å²) in [4.78, 5) is 30.7. The number of methoxy groups -OCH3 is 1. The molecule has 2 atom stereocenters. The van der Waals surface area contributed by atoms with E-state index in [0.29, 0.717) is 24.5 Å². The van der Waals surface area contributed by atoms with Crippen LogP contribution in [0.1, 0.15) is 23.7 Å². The lowest BCUT2D eigenvalue weighted by atomic mass is 10.0. The standard InChI is InChI=1S/C22H23FN4O4/c1-12(24)13-7-8-26(10-13)21-18(23)9-16-19(28)17(22(29)30)11-27(20(16)25-21)14-3-5-15(31-2)6-4-14/h3-6,9,11-13H,7-8,10,24H2,1-2H3,(H,29,30)/t12-,13-/m0/s1. The topological polar surface area (TPSA) is 111 Å². The molecule has 3 aromatic rings. The van der Waals surface area contributed by atoms with Gasteiger partial charge in [0, 0.05) is 31.0 Å². The van der Waals surface area contributed by atoms with Gasteiger partial charge in [0.15, 0.2) is 17.3 Å². The number of fused-ring (bicyclic) bond motifs is 1. The average molecular weight is 426 g/mol. The molecule has 3 heterocycles. The number of pyridine rings is 2. The Balaban J connectivity index is 1.93. The Morgan fingerprint density at radius 3 is 2.65 bits per heavy atom. The van der Waals surface area contributed by atoms with Crippen molar-refractivity contribution < 1.29 is 19.0 Å². The van der Waals surface area contributed by atoms with Crippen molar-refractivity contribution in [3.63, 3.8) is 0 Å². The monoisotopic (exact) mass is 426 g/mol. The second-order valence-electron chi connectivity index (χ2n) is 7.76. The molecule has 1 aliphatic rings. The molecule has 0 radical (unpaired) electrons. The molecule has 0 unspecified atom stereocenters. The highest BCUT2D eigenvalue weighted by molar-refractivity contribution is 5.92. The van der Waals surface area contributed by atoms with Crippen LogP contribution in [0.4, 0.5) is 10.2 Å². The number of carboxylic acid groups (broad SMARTS) is 1. The zero-order valence-electron chi connectivity index (χ0n) is 17.2. The largest absolute Gasteiger partial charge is 0.497 e. The molecule has 0 saturated carbocycles. The minimum absolute atomic E-state index is 0.0240. The van der Waals surface area contributed by atoms with Crippen LogP contribution in [0.3, 0.4) is 0 Å². The first-order valence-electron chi connectivity index (χ1n) is 9.94. The van der Waals surface area contributed by atoms with Crippen LogP contribution in [0, 0.1) is 11.7 Å². The first-order chi connectivity index (χ1) is 14.8. The van der Waals surface area contributed by atoms with Gasteiger partial charge in [0.2, 0.25) is 5.43 Å². The van der Waals surface area contributed by atoms with E-state index < -0.39 is 22.8 Å². The predicted octanol–water partition coefficient (Wildman–Crippen LogP) is 2.41. The van der Waals surface area contributed by atoms with Crippen molar-refractivity contribution in [3.05, 3.63) is 58.1 Å². The number of nitrogens with zero attached hydrogens (tertiary/aromatic N) is 3. The summed E-state index contributed by atoms with van der Waals surface area (Å²) in [5.41, 5.74) is 5.51. The van der Waals surface area contributed by atoms with Crippen LogP contribution in [0.15, 0.2) is 41.3 Å². The van der Waals surface area contributed by atoms with Crippen LogP contribution in [0.2, 0.25) is 0 Å². The Morgan fingerprint density at radius 2 is 2.06 bits per heavy atom. The highest BCUT2D eigenvalue weighted by Crippen LogP contribution is 2.29. The number of benzene rings is 1. The van der Waals surface area contributed by atoms with E-state index in [4.69, 9.17) is 10.5 Å². The van der Waals surface area contributed by atoms with Crippen LogP contribution in [-0.4, -0.2) is 46.9 Å². The summed E-state index contributed by atoms with van der Waals surface area (Å²) in [5.74, 6) is -1.10. The number of aromatic carboxylic acids is 1. The number of nitrogens with two attached hydrogens (primary N) is 1. The molecule has 0 amide bonds. The van der Waals surface area contributed by atoms with Crippen LogP contribution in [0.25, 0.3) is 16.7 Å². The lowest BCUT2D eigenvalue weighted by Gasteiger charge is -2.21. The lowest BCUT2D eigenvalue weighted by Crippen LogP contribution is -2.30. The van der Waals surface area contributed by atoms with Gasteiger partial charge in [0.05, 0.1) is 12.5 Å². The second-order valence-corrected chi connectivity index (χ2v) is 7.76. The second kappa shape index (κ2) is 7.99. The normalized spacial score (nSPS) is 17.2. The fraction of sp³-hybridized carbons (Fsp3) is 0.318. The summed E-state index contributed by atoms with van der Waals surface area (Å²) in [6.07, 6.45) is 2.04. The SMILES string of the molecule is COc1ccc(-n2cc(C(=O)O)c(=O)c3cc(F)c(N4CC[C@H]([C@H](C)N)C4)nc32)cc1. The van der Waals surface area contributed by atoms with Crippen molar-refractivity contribution >= 4 is 22.8 Å². The Hall–Kier alpha value is -3.46. The van der Waals surface area contributed by atoms with E-state index in [1.54, 1.807) is 24.3 Å². The molecule has 1 aliphatic heterocycles. The molecule has 9 heteroatoms. The summed E-state index contributed by atoms with van der Waals surface area (Å²) in [5, 5.41) is 9.39. The number of ether oxygens (including phenoxy) is 1. The Bertz CT molecular complexity index is 1210. The van der Waals surface area contributed by atoms with E-state index in [1.807, 2.05) is 11.8 Å². The van der Waals surface area contributed by atoms with Gasteiger partial charge in [0.25, 0.3) is 0 Å². The minimum Gasteiger partial charge on any atom is -0.497 e. The van der Waals surface area contributed by atoms with Crippen LogP contribution in [-0.2, 0) is 0 Å². The number of hydrogen-bond donors (Lipinski definition) is 2. The van der Waals surface area contributed by atoms with Gasteiger partial charge in [-0.25, -0.2) is 14.2 Å². The quantitative estimate of drug-likeness (QED) is 0.645. The third kappa shape index (κ3) is 3.72. The summed E-state index contributed by atoms with van der Waals surface area (Å²) in [7, 11) is 1.54. The van der Waals surface area contributed by atoms with Gasteiger partial charge in [-0.05, 0) is 49.6 Å². The Morgan fingerprint density at radius 1 is 1.35 bits per heavy atom. The number of carboxylic acids is 1. The number of aromatic nitrogens is 2. The van der Waals surface area contributed by atoms with Crippen LogP contribution < -0.4 is 20.8 Å². The number of halogens is 1. The van der Waals surface area contributed by atoms with Gasteiger partial charge in [-0.2, -0.15) is 0 Å². The molecule has 2 aromatic heterocycles. The Labute approximate surface area is 177 Å². The predicted molar refractivity (Wildman–Crippen MR) is 115 cm³/mol. The maximum Gasteiger partial charge on any atom is 0.341 e. The van der Waals surface area contributed by atoms with E-state index in [9.17, 15) is 19.1 Å². The highest BCUT2D eigenvalue weighted by Gasteiger charge is 2.29. The molecule has 4 rings (SSSR count). The van der Waals surface area contributed by atoms with E-state index >= 15 is 0 Å². The molecule has 1 aromatic carbocycles. The summed E-state index contributed by atoms with van der Waals surface area (Å²) in [6.45, 7) is 3.09. The molecule has 0 spiro atoms. The fourth-order valence-electron chi connectivity index (χ4n) is 3.94. The van der Waals surface area contributed by atoms with Crippen molar-refractivity contribution in [1.82, 2.24) is 9.55 Å². The fourth-order valence-corrected chi connectivity index (χ4v) is 3.94.